The van der Waals surface area contributed by atoms with Gasteiger partial charge < -0.3 is 14.3 Å². The zero-order valence-electron chi connectivity index (χ0n) is 14.4. The van der Waals surface area contributed by atoms with Crippen molar-refractivity contribution in [2.75, 3.05) is 25.0 Å². The van der Waals surface area contributed by atoms with E-state index in [1.54, 1.807) is 17.0 Å². The van der Waals surface area contributed by atoms with Crippen molar-refractivity contribution < 1.29 is 26.9 Å². The third-order valence-electron chi connectivity index (χ3n) is 4.36. The molecule has 0 bridgehead atoms. The molecule has 1 aliphatic heterocycles. The van der Waals surface area contributed by atoms with Crippen LogP contribution < -0.4 is 5.32 Å². The SMILES string of the molecule is O=C(CN1CC(c2nc(-c3ccco3)no2)C1)Nc1ccccc1C(F)(F)F. The van der Waals surface area contributed by atoms with Crippen molar-refractivity contribution >= 4 is 11.6 Å². The van der Waals surface area contributed by atoms with Gasteiger partial charge in [0.15, 0.2) is 5.76 Å². The summed E-state index contributed by atoms with van der Waals surface area (Å²) < 4.78 is 49.4. The minimum Gasteiger partial charge on any atom is -0.461 e. The van der Waals surface area contributed by atoms with Crippen LogP contribution in [0.1, 0.15) is 17.4 Å². The highest BCUT2D eigenvalue weighted by molar-refractivity contribution is 5.93. The summed E-state index contributed by atoms with van der Waals surface area (Å²) in [5.41, 5.74) is -1.13. The van der Waals surface area contributed by atoms with E-state index in [4.69, 9.17) is 8.94 Å². The van der Waals surface area contributed by atoms with Crippen molar-refractivity contribution in [3.05, 3.63) is 54.1 Å². The molecule has 0 saturated carbocycles. The molecule has 3 heterocycles. The van der Waals surface area contributed by atoms with Gasteiger partial charge in [-0.2, -0.15) is 18.2 Å². The zero-order chi connectivity index (χ0) is 19.7. The summed E-state index contributed by atoms with van der Waals surface area (Å²) in [4.78, 5) is 18.2. The largest absolute Gasteiger partial charge is 0.461 e. The fourth-order valence-corrected chi connectivity index (χ4v) is 2.99. The Hall–Kier alpha value is -3.14. The molecule has 2 aromatic heterocycles. The van der Waals surface area contributed by atoms with Crippen LogP contribution in [0.4, 0.5) is 18.9 Å². The Labute approximate surface area is 157 Å². The molecule has 0 unspecified atom stereocenters. The Morgan fingerprint density at radius 3 is 2.71 bits per heavy atom. The maximum absolute atomic E-state index is 13.0. The smallest absolute Gasteiger partial charge is 0.418 e. The van der Waals surface area contributed by atoms with Gasteiger partial charge in [-0.1, -0.05) is 17.3 Å². The van der Waals surface area contributed by atoms with E-state index in [9.17, 15) is 18.0 Å². The van der Waals surface area contributed by atoms with Gasteiger partial charge in [0.2, 0.25) is 17.6 Å². The molecular weight excluding hydrogens is 377 g/mol. The number of benzene rings is 1. The first-order valence-electron chi connectivity index (χ1n) is 8.46. The molecule has 1 saturated heterocycles. The molecule has 1 fully saturated rings. The topological polar surface area (TPSA) is 84.4 Å². The Bertz CT molecular complexity index is 963. The summed E-state index contributed by atoms with van der Waals surface area (Å²) in [7, 11) is 0. The lowest BCUT2D eigenvalue weighted by atomic mass is 10.0. The van der Waals surface area contributed by atoms with Gasteiger partial charge in [-0.05, 0) is 24.3 Å². The molecule has 3 aromatic rings. The molecule has 0 radical (unpaired) electrons. The second kappa shape index (κ2) is 7.12. The number of aromatic nitrogens is 2. The summed E-state index contributed by atoms with van der Waals surface area (Å²) in [6.07, 6.45) is -3.03. The lowest BCUT2D eigenvalue weighted by Crippen LogP contribution is -2.48. The van der Waals surface area contributed by atoms with Crippen molar-refractivity contribution in [2.45, 2.75) is 12.1 Å². The van der Waals surface area contributed by atoms with E-state index in [2.05, 4.69) is 15.5 Å². The molecule has 146 valence electrons. The molecule has 28 heavy (non-hydrogen) atoms. The minimum atomic E-state index is -4.53. The number of nitrogens with one attached hydrogen (secondary N) is 1. The third-order valence-corrected chi connectivity index (χ3v) is 4.36. The fraction of sp³-hybridized carbons (Fsp3) is 0.278. The third kappa shape index (κ3) is 3.77. The van der Waals surface area contributed by atoms with Gasteiger partial charge in [0.1, 0.15) is 0 Å². The van der Waals surface area contributed by atoms with Gasteiger partial charge >= 0.3 is 6.18 Å². The number of rotatable bonds is 5. The number of furan rings is 1. The minimum absolute atomic E-state index is 0.0259. The number of hydrogen-bond donors (Lipinski definition) is 1. The quantitative estimate of drug-likeness (QED) is 0.717. The summed E-state index contributed by atoms with van der Waals surface area (Å²) >= 11 is 0. The molecule has 0 aliphatic carbocycles. The zero-order valence-corrected chi connectivity index (χ0v) is 14.4. The summed E-state index contributed by atoms with van der Waals surface area (Å²) in [5, 5.41) is 6.18. The van der Waals surface area contributed by atoms with Gasteiger partial charge in [0.25, 0.3) is 0 Å². The van der Waals surface area contributed by atoms with E-state index in [1.165, 1.54) is 24.5 Å². The lowest BCUT2D eigenvalue weighted by Gasteiger charge is -2.36. The van der Waals surface area contributed by atoms with E-state index in [0.717, 1.165) is 6.07 Å². The number of nitrogens with zero attached hydrogens (tertiary/aromatic N) is 3. The first-order chi connectivity index (χ1) is 13.4. The number of likely N-dealkylation sites (tertiary alicyclic amines) is 1. The normalized spacial score (nSPS) is 15.4. The number of anilines is 1. The average Bonchev–Trinajstić information content (AvgIpc) is 3.28. The first kappa shape index (κ1) is 18.2. The highest BCUT2D eigenvalue weighted by atomic mass is 19.4. The molecule has 1 aromatic carbocycles. The van der Waals surface area contributed by atoms with Crippen LogP contribution in [0.2, 0.25) is 0 Å². The van der Waals surface area contributed by atoms with E-state index in [-0.39, 0.29) is 18.2 Å². The van der Waals surface area contributed by atoms with Gasteiger partial charge in [0.05, 0.1) is 30.0 Å². The van der Waals surface area contributed by atoms with Crippen molar-refractivity contribution in [3.8, 4) is 11.6 Å². The number of amides is 1. The van der Waals surface area contributed by atoms with Crippen molar-refractivity contribution in [1.29, 1.82) is 0 Å². The average molecular weight is 392 g/mol. The molecule has 1 N–H and O–H groups in total. The molecule has 1 amide bonds. The van der Waals surface area contributed by atoms with Gasteiger partial charge in [-0.3, -0.25) is 9.69 Å². The molecule has 7 nitrogen and oxygen atoms in total. The molecule has 0 spiro atoms. The lowest BCUT2D eigenvalue weighted by molar-refractivity contribution is -0.137. The number of carbonyl (C=O) groups excluding carboxylic acids is 1. The first-order valence-corrected chi connectivity index (χ1v) is 8.46. The fourth-order valence-electron chi connectivity index (χ4n) is 2.99. The van der Waals surface area contributed by atoms with Gasteiger partial charge in [-0.15, -0.1) is 0 Å². The van der Waals surface area contributed by atoms with Crippen LogP contribution >= 0.6 is 0 Å². The second-order valence-corrected chi connectivity index (χ2v) is 6.42. The van der Waals surface area contributed by atoms with Crippen LogP contribution in [0, 0.1) is 0 Å². The summed E-state index contributed by atoms with van der Waals surface area (Å²) in [6.45, 7) is 0.962. The van der Waals surface area contributed by atoms with Crippen LogP contribution in [-0.4, -0.2) is 40.6 Å². The Morgan fingerprint density at radius 2 is 2.00 bits per heavy atom. The van der Waals surface area contributed by atoms with Crippen molar-refractivity contribution in [2.24, 2.45) is 0 Å². The number of hydrogen-bond acceptors (Lipinski definition) is 6. The Balaban J connectivity index is 1.31. The predicted molar refractivity (Wildman–Crippen MR) is 91.3 cm³/mol. The Morgan fingerprint density at radius 1 is 1.21 bits per heavy atom. The second-order valence-electron chi connectivity index (χ2n) is 6.42. The number of alkyl halides is 3. The summed E-state index contributed by atoms with van der Waals surface area (Å²) in [5.74, 6) is 0.725. The monoisotopic (exact) mass is 392 g/mol. The highest BCUT2D eigenvalue weighted by Gasteiger charge is 2.35. The number of para-hydroxylation sites is 1. The maximum atomic E-state index is 13.0. The van der Waals surface area contributed by atoms with E-state index >= 15 is 0 Å². The molecule has 10 heteroatoms. The van der Waals surface area contributed by atoms with E-state index in [0.29, 0.717) is 30.6 Å². The van der Waals surface area contributed by atoms with Crippen LogP contribution in [0.25, 0.3) is 11.6 Å². The van der Waals surface area contributed by atoms with Crippen molar-refractivity contribution in [1.82, 2.24) is 15.0 Å². The standard InChI is InChI=1S/C18H15F3N4O3/c19-18(20,21)12-4-1-2-5-13(12)22-15(26)10-25-8-11(9-25)17-23-16(24-28-17)14-6-3-7-27-14/h1-7,11H,8-10H2,(H,22,26). The highest BCUT2D eigenvalue weighted by Crippen LogP contribution is 2.34. The molecule has 0 atom stereocenters. The van der Waals surface area contributed by atoms with Crippen LogP contribution in [0.15, 0.2) is 51.6 Å². The predicted octanol–water partition coefficient (Wildman–Crippen LogP) is 3.39. The van der Waals surface area contributed by atoms with Gasteiger partial charge in [-0.25, -0.2) is 0 Å². The van der Waals surface area contributed by atoms with Crippen LogP contribution in [0.5, 0.6) is 0 Å². The maximum Gasteiger partial charge on any atom is 0.418 e. The molecular formula is C18H15F3N4O3. The van der Waals surface area contributed by atoms with Crippen LogP contribution in [-0.2, 0) is 11.0 Å². The number of halogens is 3. The van der Waals surface area contributed by atoms with Crippen molar-refractivity contribution in [3.63, 3.8) is 0 Å². The van der Waals surface area contributed by atoms with E-state index < -0.39 is 17.6 Å². The Kier molecular flexibility index (Phi) is 4.63. The number of carbonyl (C=O) groups is 1. The molecule has 4 rings (SSSR count). The molecule has 1 aliphatic rings. The van der Waals surface area contributed by atoms with Crippen LogP contribution in [0.3, 0.4) is 0 Å². The summed E-state index contributed by atoms with van der Waals surface area (Å²) in [6, 6.07) is 8.31. The van der Waals surface area contributed by atoms with Gasteiger partial charge in [0, 0.05) is 13.1 Å². The van der Waals surface area contributed by atoms with E-state index in [1.807, 2.05) is 0 Å².